The van der Waals surface area contributed by atoms with E-state index in [0.717, 1.165) is 5.56 Å². The average Bonchev–Trinajstić information content (AvgIpc) is 3.21. The number of rotatable bonds is 12. The number of carbonyl (C=O) groups excluding carboxylic acids is 2. The molecule has 0 unspecified atom stereocenters. The van der Waals surface area contributed by atoms with Crippen molar-refractivity contribution in [3.8, 4) is 0 Å². The van der Waals surface area contributed by atoms with Crippen LogP contribution in [0.1, 0.15) is 47.1 Å². The Labute approximate surface area is 230 Å². The van der Waals surface area contributed by atoms with Crippen LogP contribution in [0.15, 0.2) is 54.6 Å². The Morgan fingerprint density at radius 1 is 1.26 bits per heavy atom. The highest BCUT2D eigenvalue weighted by Crippen LogP contribution is 2.39. The number of nitrogens with zero attached hydrogens (tertiary/aromatic N) is 1. The third kappa shape index (κ3) is 7.65. The average molecular weight is 546 g/mol. The van der Waals surface area contributed by atoms with E-state index < -0.39 is 38.4 Å². The van der Waals surface area contributed by atoms with Crippen molar-refractivity contribution in [2.45, 2.75) is 90.4 Å². The van der Waals surface area contributed by atoms with Crippen LogP contribution in [0.4, 0.5) is 4.79 Å². The van der Waals surface area contributed by atoms with Crippen molar-refractivity contribution < 1.29 is 28.6 Å². The van der Waals surface area contributed by atoms with Crippen LogP contribution < -0.4 is 0 Å². The van der Waals surface area contributed by atoms with Gasteiger partial charge in [-0.3, -0.25) is 4.79 Å². The number of amides is 2. The fourth-order valence-electron chi connectivity index (χ4n) is 4.48. The van der Waals surface area contributed by atoms with Gasteiger partial charge in [0.25, 0.3) is 0 Å². The summed E-state index contributed by atoms with van der Waals surface area (Å²) in [7, 11) is -0.508. The predicted octanol–water partition coefficient (Wildman–Crippen LogP) is 5.75. The third-order valence-electron chi connectivity index (χ3n) is 7.95. The summed E-state index contributed by atoms with van der Waals surface area (Å²) < 4.78 is 17.6. The number of ether oxygens (including phenoxy) is 2. The molecule has 2 rings (SSSR count). The van der Waals surface area contributed by atoms with Crippen molar-refractivity contribution in [1.29, 1.82) is 0 Å². The third-order valence-corrected chi connectivity index (χ3v) is 12.4. The maximum Gasteiger partial charge on any atom is 0.416 e. The zero-order chi connectivity index (χ0) is 28.8. The first-order valence-corrected chi connectivity index (χ1v) is 16.3. The highest BCUT2D eigenvalue weighted by Gasteiger charge is 2.43. The molecule has 1 aliphatic rings. The minimum atomic E-state index is -2.14. The van der Waals surface area contributed by atoms with Crippen LogP contribution in [0.2, 0.25) is 18.1 Å². The molecule has 2 amide bonds. The maximum absolute atomic E-state index is 13.4. The molecule has 7 nitrogen and oxygen atoms in total. The predicted molar refractivity (Wildman–Crippen MR) is 153 cm³/mol. The summed E-state index contributed by atoms with van der Waals surface area (Å²) in [5, 5.41) is 11.2. The highest BCUT2D eigenvalue weighted by molar-refractivity contribution is 6.74. The molecular weight excluding hydrogens is 498 g/mol. The molecule has 1 heterocycles. The topological polar surface area (TPSA) is 85.3 Å². The fourth-order valence-corrected chi connectivity index (χ4v) is 5.86. The lowest BCUT2D eigenvalue weighted by atomic mass is 9.91. The van der Waals surface area contributed by atoms with Gasteiger partial charge in [0.1, 0.15) is 12.7 Å². The summed E-state index contributed by atoms with van der Waals surface area (Å²) in [5.41, 5.74) is 1.64. The number of hydrogen-bond acceptors (Lipinski definition) is 6. The number of carbonyl (C=O) groups is 2. The van der Waals surface area contributed by atoms with Gasteiger partial charge in [-0.05, 0) is 42.6 Å². The molecule has 6 atom stereocenters. The molecular formula is C30H47NO6Si. The summed E-state index contributed by atoms with van der Waals surface area (Å²) in [6.07, 6.45) is 1.79. The second-order valence-electron chi connectivity index (χ2n) is 11.9. The van der Waals surface area contributed by atoms with Crippen molar-refractivity contribution >= 4 is 20.3 Å². The summed E-state index contributed by atoms with van der Waals surface area (Å²) >= 11 is 0. The van der Waals surface area contributed by atoms with E-state index in [2.05, 4.69) is 40.4 Å². The first kappa shape index (κ1) is 32.0. The lowest BCUT2D eigenvalue weighted by Crippen LogP contribution is -2.49. The van der Waals surface area contributed by atoms with Crippen molar-refractivity contribution in [1.82, 2.24) is 4.90 Å². The second kappa shape index (κ2) is 13.2. The van der Waals surface area contributed by atoms with E-state index >= 15 is 0 Å². The van der Waals surface area contributed by atoms with Crippen LogP contribution in [0.3, 0.4) is 0 Å². The molecule has 0 saturated carbocycles. The van der Waals surface area contributed by atoms with Crippen LogP contribution >= 0.6 is 0 Å². The van der Waals surface area contributed by atoms with Crippen LogP contribution in [0.25, 0.3) is 0 Å². The minimum Gasteiger partial charge on any atom is -0.447 e. The Bertz CT molecular complexity index is 986. The van der Waals surface area contributed by atoms with Crippen LogP contribution in [-0.4, -0.2) is 68.4 Å². The second-order valence-corrected chi connectivity index (χ2v) is 16.7. The van der Waals surface area contributed by atoms with Gasteiger partial charge in [0.2, 0.25) is 5.91 Å². The molecule has 38 heavy (non-hydrogen) atoms. The molecule has 0 aliphatic carbocycles. The SMILES string of the molecule is C=C[C@H](OC)[C@@H](O[Si](C)(C)C(C)(C)C)[C@H](C)/C=C(/C)[C@H](O)[C@H](C)C(=O)N1C(=O)OC[C@H]1Cc1ccccc1. The molecule has 0 aromatic heterocycles. The molecule has 1 saturated heterocycles. The Kier molecular flexibility index (Phi) is 11.1. The van der Waals surface area contributed by atoms with Crippen molar-refractivity contribution in [3.05, 3.63) is 60.2 Å². The maximum atomic E-state index is 13.4. The van der Waals surface area contributed by atoms with E-state index in [1.807, 2.05) is 43.3 Å². The molecule has 0 bridgehead atoms. The zero-order valence-electron chi connectivity index (χ0n) is 24.6. The van der Waals surface area contributed by atoms with Crippen LogP contribution in [-0.2, 0) is 25.1 Å². The smallest absolute Gasteiger partial charge is 0.416 e. The number of methoxy groups -OCH3 is 1. The standard InChI is InChI=1S/C30H47NO6Si/c1-11-25(35-8)27(37-38(9,10)30(5,6)7)21(3)17-20(2)26(32)22(4)28(33)31-24(19-36-29(31)34)18-23-15-13-12-14-16-23/h11-17,21-22,24-27,32H,1,18-19H2,2-10H3/b20-17-/t21-,22+,24-,25+,26+,27+/m1/s1. The zero-order valence-corrected chi connectivity index (χ0v) is 25.6. The van der Waals surface area contributed by atoms with E-state index in [0.29, 0.717) is 12.0 Å². The van der Waals surface area contributed by atoms with Gasteiger partial charge < -0.3 is 19.0 Å². The van der Waals surface area contributed by atoms with Gasteiger partial charge in [-0.2, -0.15) is 0 Å². The molecule has 1 fully saturated rings. The number of aliphatic hydroxyl groups is 1. The van der Waals surface area contributed by atoms with Gasteiger partial charge >= 0.3 is 6.09 Å². The van der Waals surface area contributed by atoms with Gasteiger partial charge in [0, 0.05) is 13.0 Å². The first-order chi connectivity index (χ1) is 17.6. The van der Waals surface area contributed by atoms with Crippen LogP contribution in [0, 0.1) is 11.8 Å². The van der Waals surface area contributed by atoms with Gasteiger partial charge in [0.05, 0.1) is 24.2 Å². The molecule has 1 aromatic rings. The highest BCUT2D eigenvalue weighted by atomic mass is 28.4. The first-order valence-electron chi connectivity index (χ1n) is 13.4. The van der Waals surface area contributed by atoms with Gasteiger partial charge in [-0.25, -0.2) is 9.69 Å². The van der Waals surface area contributed by atoms with E-state index in [4.69, 9.17) is 13.9 Å². The lowest BCUT2D eigenvalue weighted by molar-refractivity contribution is -0.135. The van der Waals surface area contributed by atoms with Crippen molar-refractivity contribution in [3.63, 3.8) is 0 Å². The number of hydrogen-bond donors (Lipinski definition) is 1. The quantitative estimate of drug-likeness (QED) is 0.266. The van der Waals surface area contributed by atoms with Crippen LogP contribution in [0.5, 0.6) is 0 Å². The van der Waals surface area contributed by atoms with Crippen molar-refractivity contribution in [2.75, 3.05) is 13.7 Å². The number of aliphatic hydroxyl groups excluding tert-OH is 1. The fraction of sp³-hybridized carbons (Fsp3) is 0.600. The number of cyclic esters (lactones) is 1. The van der Waals surface area contributed by atoms with E-state index in [9.17, 15) is 14.7 Å². The van der Waals surface area contributed by atoms with Gasteiger partial charge in [-0.15, -0.1) is 6.58 Å². The van der Waals surface area contributed by atoms with Crippen molar-refractivity contribution in [2.24, 2.45) is 11.8 Å². The normalized spacial score (nSPS) is 20.9. The molecule has 0 spiro atoms. The largest absolute Gasteiger partial charge is 0.447 e. The Hall–Kier alpha value is -2.26. The summed E-state index contributed by atoms with van der Waals surface area (Å²) in [4.78, 5) is 27.1. The number of imide groups is 1. The monoisotopic (exact) mass is 545 g/mol. The van der Waals surface area contributed by atoms with Gasteiger partial charge in [0.15, 0.2) is 8.32 Å². The minimum absolute atomic E-state index is 0.00423. The van der Waals surface area contributed by atoms with E-state index in [1.165, 1.54) is 4.90 Å². The Balaban J connectivity index is 2.22. The van der Waals surface area contributed by atoms with E-state index in [-0.39, 0.29) is 29.8 Å². The Morgan fingerprint density at radius 2 is 1.87 bits per heavy atom. The Morgan fingerprint density at radius 3 is 2.39 bits per heavy atom. The molecule has 0 radical (unpaired) electrons. The lowest BCUT2D eigenvalue weighted by Gasteiger charge is -2.42. The summed E-state index contributed by atoms with van der Waals surface area (Å²) in [6.45, 7) is 20.5. The van der Waals surface area contributed by atoms with E-state index in [1.54, 1.807) is 27.0 Å². The molecule has 1 aliphatic heterocycles. The summed E-state index contributed by atoms with van der Waals surface area (Å²) in [6, 6.07) is 9.26. The molecule has 1 aromatic carbocycles. The number of benzene rings is 1. The summed E-state index contributed by atoms with van der Waals surface area (Å²) in [5.74, 6) is -1.41. The molecule has 1 N–H and O–H groups in total. The molecule has 8 heteroatoms. The van der Waals surface area contributed by atoms with Gasteiger partial charge in [-0.1, -0.05) is 77.1 Å². The molecule has 212 valence electrons.